The first-order chi connectivity index (χ1) is 11.2. The zero-order valence-corrected chi connectivity index (χ0v) is 12.9. The van der Waals surface area contributed by atoms with Gasteiger partial charge in [-0.05, 0) is 24.3 Å². The minimum Gasteiger partial charge on any atom is -0.494 e. The molecule has 0 spiro atoms. The number of aromatic nitrogens is 3. The predicted molar refractivity (Wildman–Crippen MR) is 89.0 cm³/mol. The Morgan fingerprint density at radius 2 is 2.00 bits per heavy atom. The fraction of sp³-hybridized carbons (Fsp3) is 0.0625. The molecule has 0 aliphatic rings. The maximum atomic E-state index is 13.8. The van der Waals surface area contributed by atoms with E-state index in [9.17, 15) is 4.39 Å². The van der Waals surface area contributed by atoms with Gasteiger partial charge in [0.05, 0.1) is 28.4 Å². The molecular weight excluding hydrogens is 315 g/mol. The summed E-state index contributed by atoms with van der Waals surface area (Å²) in [5.74, 6) is 0.293. The van der Waals surface area contributed by atoms with Crippen LogP contribution in [0.3, 0.4) is 0 Å². The highest BCUT2D eigenvalue weighted by Crippen LogP contribution is 2.30. The van der Waals surface area contributed by atoms with Gasteiger partial charge in [0.2, 0.25) is 0 Å². The van der Waals surface area contributed by atoms with E-state index in [1.807, 2.05) is 23.7 Å². The maximum absolute atomic E-state index is 13.8. The van der Waals surface area contributed by atoms with Crippen molar-refractivity contribution in [2.75, 3.05) is 12.4 Å². The SMILES string of the molecule is COc1cc2c(Nc3ccc4scnc4c3)ncnc2cc1F. The molecular formula is C16H11FN4OS. The summed E-state index contributed by atoms with van der Waals surface area (Å²) in [6, 6.07) is 8.83. The van der Waals surface area contributed by atoms with Crippen molar-refractivity contribution in [2.24, 2.45) is 0 Å². The molecule has 7 heteroatoms. The molecule has 23 heavy (non-hydrogen) atoms. The van der Waals surface area contributed by atoms with Gasteiger partial charge in [-0.1, -0.05) is 0 Å². The van der Waals surface area contributed by atoms with E-state index in [0.717, 1.165) is 15.9 Å². The molecule has 0 radical (unpaired) electrons. The van der Waals surface area contributed by atoms with Crippen LogP contribution in [0.2, 0.25) is 0 Å². The van der Waals surface area contributed by atoms with Crippen molar-refractivity contribution in [3.8, 4) is 5.75 Å². The molecule has 0 aliphatic carbocycles. The molecule has 2 aromatic heterocycles. The molecule has 0 saturated heterocycles. The van der Waals surface area contributed by atoms with Crippen LogP contribution in [-0.2, 0) is 0 Å². The van der Waals surface area contributed by atoms with Gasteiger partial charge in [-0.2, -0.15) is 0 Å². The summed E-state index contributed by atoms with van der Waals surface area (Å²) in [5.41, 5.74) is 4.09. The lowest BCUT2D eigenvalue weighted by Gasteiger charge is -2.10. The van der Waals surface area contributed by atoms with Crippen LogP contribution in [0, 0.1) is 5.82 Å². The predicted octanol–water partition coefficient (Wildman–Crippen LogP) is 4.13. The third kappa shape index (κ3) is 2.44. The van der Waals surface area contributed by atoms with E-state index in [4.69, 9.17) is 4.74 Å². The second-order valence-electron chi connectivity index (χ2n) is 4.89. The van der Waals surface area contributed by atoms with Crippen molar-refractivity contribution in [3.63, 3.8) is 0 Å². The topological polar surface area (TPSA) is 59.9 Å². The molecule has 114 valence electrons. The van der Waals surface area contributed by atoms with Crippen molar-refractivity contribution in [1.82, 2.24) is 15.0 Å². The number of halogens is 1. The minimum atomic E-state index is -0.450. The molecule has 0 unspecified atom stereocenters. The fourth-order valence-electron chi connectivity index (χ4n) is 2.39. The molecule has 5 nitrogen and oxygen atoms in total. The zero-order valence-electron chi connectivity index (χ0n) is 12.1. The molecule has 4 aromatic rings. The van der Waals surface area contributed by atoms with Gasteiger partial charge in [-0.25, -0.2) is 19.3 Å². The summed E-state index contributed by atoms with van der Waals surface area (Å²) in [6.45, 7) is 0. The molecule has 4 rings (SSSR count). The van der Waals surface area contributed by atoms with Crippen LogP contribution in [0.15, 0.2) is 42.2 Å². The number of methoxy groups -OCH3 is 1. The van der Waals surface area contributed by atoms with E-state index in [1.165, 1.54) is 19.5 Å². The lowest BCUT2D eigenvalue weighted by molar-refractivity contribution is 0.387. The van der Waals surface area contributed by atoms with Gasteiger partial charge in [0.15, 0.2) is 11.6 Å². The lowest BCUT2D eigenvalue weighted by Crippen LogP contribution is -1.97. The van der Waals surface area contributed by atoms with Gasteiger partial charge in [-0.3, -0.25) is 0 Å². The van der Waals surface area contributed by atoms with Crippen LogP contribution in [0.5, 0.6) is 5.75 Å². The van der Waals surface area contributed by atoms with E-state index in [2.05, 4.69) is 20.3 Å². The second-order valence-corrected chi connectivity index (χ2v) is 5.77. The Labute approximate surface area is 134 Å². The Kier molecular flexibility index (Phi) is 3.27. The summed E-state index contributed by atoms with van der Waals surface area (Å²) in [7, 11) is 1.43. The van der Waals surface area contributed by atoms with E-state index in [0.29, 0.717) is 16.7 Å². The Morgan fingerprint density at radius 1 is 1.09 bits per heavy atom. The molecule has 0 atom stereocenters. The van der Waals surface area contributed by atoms with E-state index >= 15 is 0 Å². The van der Waals surface area contributed by atoms with Crippen LogP contribution in [-0.4, -0.2) is 22.1 Å². The third-order valence-electron chi connectivity index (χ3n) is 3.50. The van der Waals surface area contributed by atoms with Crippen molar-refractivity contribution >= 4 is 44.0 Å². The first kappa shape index (κ1) is 13.8. The summed E-state index contributed by atoms with van der Waals surface area (Å²) >= 11 is 1.59. The third-order valence-corrected chi connectivity index (χ3v) is 4.31. The van der Waals surface area contributed by atoms with Crippen LogP contribution in [0.1, 0.15) is 0 Å². The maximum Gasteiger partial charge on any atom is 0.167 e. The van der Waals surface area contributed by atoms with Gasteiger partial charge in [0.25, 0.3) is 0 Å². The molecule has 0 bridgehead atoms. The number of fused-ring (bicyclic) bond motifs is 2. The Morgan fingerprint density at radius 3 is 2.87 bits per heavy atom. The number of hydrogen-bond acceptors (Lipinski definition) is 6. The fourth-order valence-corrected chi connectivity index (χ4v) is 3.04. The second kappa shape index (κ2) is 5.44. The smallest absolute Gasteiger partial charge is 0.167 e. The Bertz CT molecular complexity index is 1020. The number of nitrogens with one attached hydrogen (secondary N) is 1. The summed E-state index contributed by atoms with van der Waals surface area (Å²) < 4.78 is 20.0. The number of benzene rings is 2. The summed E-state index contributed by atoms with van der Waals surface area (Å²) in [5, 5.41) is 3.92. The van der Waals surface area contributed by atoms with Crippen LogP contribution in [0.25, 0.3) is 21.1 Å². The molecule has 0 amide bonds. The average Bonchev–Trinajstić information content (AvgIpc) is 3.02. The number of thiazole rings is 1. The van der Waals surface area contributed by atoms with E-state index < -0.39 is 5.82 Å². The molecule has 0 aliphatic heterocycles. The van der Waals surface area contributed by atoms with Crippen molar-refractivity contribution in [3.05, 3.63) is 48.0 Å². The first-order valence-electron chi connectivity index (χ1n) is 6.83. The van der Waals surface area contributed by atoms with Crippen LogP contribution >= 0.6 is 11.3 Å². The highest BCUT2D eigenvalue weighted by atomic mass is 32.1. The number of ether oxygens (including phenoxy) is 1. The number of hydrogen-bond donors (Lipinski definition) is 1. The number of nitrogens with zero attached hydrogens (tertiary/aromatic N) is 3. The average molecular weight is 326 g/mol. The Hall–Kier alpha value is -2.80. The van der Waals surface area contributed by atoms with Gasteiger partial charge in [0.1, 0.15) is 12.1 Å². The molecule has 0 fully saturated rings. The molecule has 0 saturated carbocycles. The van der Waals surface area contributed by atoms with Gasteiger partial charge < -0.3 is 10.1 Å². The van der Waals surface area contributed by atoms with Crippen LogP contribution < -0.4 is 10.1 Å². The normalized spacial score (nSPS) is 11.0. The van der Waals surface area contributed by atoms with Crippen LogP contribution in [0.4, 0.5) is 15.9 Å². The van der Waals surface area contributed by atoms with Crippen molar-refractivity contribution < 1.29 is 9.13 Å². The minimum absolute atomic E-state index is 0.158. The van der Waals surface area contributed by atoms with E-state index in [-0.39, 0.29) is 5.75 Å². The first-order valence-corrected chi connectivity index (χ1v) is 7.71. The van der Waals surface area contributed by atoms with Gasteiger partial charge in [-0.15, -0.1) is 11.3 Å². The lowest BCUT2D eigenvalue weighted by atomic mass is 10.2. The Balaban J connectivity index is 1.81. The van der Waals surface area contributed by atoms with E-state index in [1.54, 1.807) is 17.4 Å². The number of rotatable bonds is 3. The number of anilines is 2. The van der Waals surface area contributed by atoms with Crippen molar-refractivity contribution in [2.45, 2.75) is 0 Å². The standard InChI is InChI=1S/C16H11FN4OS/c1-22-14-5-10-12(6-11(14)17)18-7-19-16(10)21-9-2-3-15-13(4-9)20-8-23-15/h2-8H,1H3,(H,18,19,21). The molecule has 2 heterocycles. The summed E-state index contributed by atoms with van der Waals surface area (Å²) in [4.78, 5) is 12.7. The molecule has 2 aromatic carbocycles. The zero-order chi connectivity index (χ0) is 15.8. The quantitative estimate of drug-likeness (QED) is 0.613. The van der Waals surface area contributed by atoms with Crippen molar-refractivity contribution in [1.29, 1.82) is 0 Å². The highest BCUT2D eigenvalue weighted by molar-refractivity contribution is 7.16. The van der Waals surface area contributed by atoms with Gasteiger partial charge in [0, 0.05) is 17.1 Å². The summed E-state index contributed by atoms with van der Waals surface area (Å²) in [6.07, 6.45) is 1.40. The monoisotopic (exact) mass is 326 g/mol. The van der Waals surface area contributed by atoms with Gasteiger partial charge >= 0.3 is 0 Å². The highest BCUT2D eigenvalue weighted by Gasteiger charge is 2.10. The molecule has 1 N–H and O–H groups in total. The largest absolute Gasteiger partial charge is 0.494 e.